The van der Waals surface area contributed by atoms with E-state index in [9.17, 15) is 5.11 Å². The van der Waals surface area contributed by atoms with E-state index in [1.54, 1.807) is 11.8 Å². The minimum Gasteiger partial charge on any atom is -0.485 e. The molecule has 0 spiro atoms. The largest absolute Gasteiger partial charge is 0.485 e. The van der Waals surface area contributed by atoms with Crippen molar-refractivity contribution >= 4 is 16.9 Å². The number of nitriles is 1. The van der Waals surface area contributed by atoms with Crippen LogP contribution < -0.4 is 4.74 Å². The lowest BCUT2D eigenvalue weighted by Gasteiger charge is -2.45. The van der Waals surface area contributed by atoms with E-state index in [0.29, 0.717) is 5.17 Å². The third-order valence-corrected chi connectivity index (χ3v) is 5.13. The van der Waals surface area contributed by atoms with Gasteiger partial charge in [0.1, 0.15) is 17.5 Å². The molecule has 0 bridgehead atoms. The number of fused-ring (bicyclic) bond motifs is 1. The summed E-state index contributed by atoms with van der Waals surface area (Å²) in [5.41, 5.74) is 1.38. The molecule has 0 aromatic heterocycles. The predicted molar refractivity (Wildman–Crippen MR) is 86.8 cm³/mol. The number of nitrogens with zero attached hydrogens (tertiary/aromatic N) is 3. The lowest BCUT2D eigenvalue weighted by Crippen LogP contribution is -2.53. The Morgan fingerprint density at radius 1 is 1.50 bits per heavy atom. The van der Waals surface area contributed by atoms with Crippen molar-refractivity contribution in [1.82, 2.24) is 4.90 Å². The molecular formula is C16H19N3O2S. The topological polar surface area (TPSA) is 68.9 Å². The van der Waals surface area contributed by atoms with Crippen LogP contribution in [0, 0.1) is 18.4 Å². The number of hydrogen-bond acceptors (Lipinski definition) is 5. The molecule has 2 atom stereocenters. The second kappa shape index (κ2) is 5.49. The maximum atomic E-state index is 10.9. The second-order valence-electron chi connectivity index (χ2n) is 6.17. The van der Waals surface area contributed by atoms with Crippen molar-refractivity contribution in [3.05, 3.63) is 29.3 Å². The molecule has 1 aromatic rings. The van der Waals surface area contributed by atoms with E-state index < -0.39 is 11.7 Å². The lowest BCUT2D eigenvalue weighted by atomic mass is 9.85. The van der Waals surface area contributed by atoms with Crippen molar-refractivity contribution in [1.29, 1.82) is 5.26 Å². The maximum Gasteiger partial charge on any atom is 0.208 e. The minimum atomic E-state index is -0.704. The zero-order valence-electron chi connectivity index (χ0n) is 12.9. The lowest BCUT2D eigenvalue weighted by molar-refractivity contribution is -0.0800. The zero-order valence-corrected chi connectivity index (χ0v) is 13.7. The Bertz CT molecular complexity index is 666. The molecule has 1 fully saturated rings. The quantitative estimate of drug-likeness (QED) is 0.806. The van der Waals surface area contributed by atoms with Crippen molar-refractivity contribution in [3.8, 4) is 11.9 Å². The number of aliphatic hydroxyl groups excluding tert-OH is 1. The van der Waals surface area contributed by atoms with E-state index in [-0.39, 0.29) is 6.04 Å². The highest BCUT2D eigenvalue weighted by Crippen LogP contribution is 2.45. The van der Waals surface area contributed by atoms with Gasteiger partial charge in [-0.05, 0) is 26.8 Å². The highest BCUT2D eigenvalue weighted by atomic mass is 32.2. The first kappa shape index (κ1) is 15.2. The van der Waals surface area contributed by atoms with Crippen LogP contribution in [0.25, 0.3) is 0 Å². The highest BCUT2D eigenvalue weighted by molar-refractivity contribution is 8.14. The predicted octanol–water partition coefficient (Wildman–Crippen LogP) is 2.45. The van der Waals surface area contributed by atoms with E-state index in [1.165, 1.54) is 0 Å². The number of hydrogen-bond donors (Lipinski definition) is 1. The number of thioether (sulfide) groups is 1. The summed E-state index contributed by atoms with van der Waals surface area (Å²) in [4.78, 5) is 5.95. The van der Waals surface area contributed by atoms with Crippen LogP contribution in [0.1, 0.15) is 31.0 Å². The molecule has 1 N–H and O–H groups in total. The van der Waals surface area contributed by atoms with Gasteiger partial charge in [-0.15, -0.1) is 4.99 Å². The van der Waals surface area contributed by atoms with Gasteiger partial charge in [-0.25, -0.2) is 0 Å². The molecule has 22 heavy (non-hydrogen) atoms. The smallest absolute Gasteiger partial charge is 0.208 e. The Hall–Kier alpha value is -1.71. The maximum absolute atomic E-state index is 10.9. The number of aliphatic hydroxyl groups is 1. The molecule has 116 valence electrons. The van der Waals surface area contributed by atoms with Crippen LogP contribution in [0.4, 0.5) is 0 Å². The van der Waals surface area contributed by atoms with Gasteiger partial charge >= 0.3 is 0 Å². The summed E-state index contributed by atoms with van der Waals surface area (Å²) in [5, 5.41) is 20.4. The van der Waals surface area contributed by atoms with Crippen LogP contribution in [0.5, 0.6) is 5.75 Å². The SMILES string of the molecule is Cc1ccc2c(c1)[C@@H](N1CCSC1=NC#N)[C@H](O)C(C)(C)O2. The van der Waals surface area contributed by atoms with Gasteiger partial charge in [0.05, 0.1) is 6.04 Å². The number of aryl methyl sites for hydroxylation is 1. The summed E-state index contributed by atoms with van der Waals surface area (Å²) >= 11 is 1.55. The average molecular weight is 317 g/mol. The Kier molecular flexibility index (Phi) is 3.79. The molecule has 2 heterocycles. The first-order chi connectivity index (χ1) is 10.4. The number of rotatable bonds is 1. The van der Waals surface area contributed by atoms with Gasteiger partial charge in [0.25, 0.3) is 0 Å². The Morgan fingerprint density at radius 3 is 3.00 bits per heavy atom. The van der Waals surface area contributed by atoms with Crippen LogP contribution in [-0.4, -0.2) is 39.2 Å². The van der Waals surface area contributed by atoms with Gasteiger partial charge in [-0.1, -0.05) is 29.5 Å². The zero-order chi connectivity index (χ0) is 15.9. The standard InChI is InChI=1S/C16H19N3O2S/c1-10-4-5-12-11(8-10)13(14(20)16(2,3)21-12)19-6-7-22-15(19)18-9-17/h4-5,8,13-14,20H,6-7H2,1-3H3/t13-,14+/m1/s1. The van der Waals surface area contributed by atoms with Gasteiger partial charge in [-0.2, -0.15) is 5.26 Å². The van der Waals surface area contributed by atoms with Crippen molar-refractivity contribution in [2.45, 2.75) is 38.5 Å². The van der Waals surface area contributed by atoms with Crippen molar-refractivity contribution in [2.24, 2.45) is 4.99 Å². The number of aliphatic imine (C=N–C) groups is 1. The Balaban J connectivity index is 2.11. The number of amidine groups is 1. The summed E-state index contributed by atoms with van der Waals surface area (Å²) in [7, 11) is 0. The van der Waals surface area contributed by atoms with Gasteiger partial charge in [0, 0.05) is 17.9 Å². The molecule has 0 aliphatic carbocycles. The van der Waals surface area contributed by atoms with Crippen LogP contribution in [0.15, 0.2) is 23.2 Å². The summed E-state index contributed by atoms with van der Waals surface area (Å²) in [6.07, 6.45) is 1.16. The third kappa shape index (κ3) is 2.44. The normalized spacial score (nSPS) is 28.1. The average Bonchev–Trinajstić information content (AvgIpc) is 2.89. The van der Waals surface area contributed by atoms with Gasteiger partial charge in [0.15, 0.2) is 5.17 Å². The van der Waals surface area contributed by atoms with Crippen LogP contribution in [-0.2, 0) is 0 Å². The van der Waals surface area contributed by atoms with Crippen LogP contribution in [0.2, 0.25) is 0 Å². The molecule has 0 unspecified atom stereocenters. The molecular weight excluding hydrogens is 298 g/mol. The molecule has 2 aliphatic rings. The number of benzene rings is 1. The fourth-order valence-electron chi connectivity index (χ4n) is 3.04. The first-order valence-electron chi connectivity index (χ1n) is 7.28. The van der Waals surface area contributed by atoms with E-state index in [0.717, 1.165) is 29.2 Å². The van der Waals surface area contributed by atoms with Gasteiger partial charge in [-0.3, -0.25) is 0 Å². The molecule has 3 rings (SSSR count). The molecule has 0 saturated carbocycles. The van der Waals surface area contributed by atoms with Crippen LogP contribution >= 0.6 is 11.8 Å². The van der Waals surface area contributed by atoms with E-state index >= 15 is 0 Å². The summed E-state index contributed by atoms with van der Waals surface area (Å²) < 4.78 is 5.98. The molecule has 5 nitrogen and oxygen atoms in total. The van der Waals surface area contributed by atoms with Crippen molar-refractivity contribution in [2.75, 3.05) is 12.3 Å². The summed E-state index contributed by atoms with van der Waals surface area (Å²) in [5.74, 6) is 1.66. The fraction of sp³-hybridized carbons (Fsp3) is 0.500. The monoisotopic (exact) mass is 317 g/mol. The minimum absolute atomic E-state index is 0.249. The van der Waals surface area contributed by atoms with Gasteiger partial charge < -0.3 is 14.7 Å². The van der Waals surface area contributed by atoms with Crippen molar-refractivity contribution < 1.29 is 9.84 Å². The molecule has 1 aromatic carbocycles. The molecule has 2 aliphatic heterocycles. The van der Waals surface area contributed by atoms with Gasteiger partial charge in [0.2, 0.25) is 6.19 Å². The second-order valence-corrected chi connectivity index (χ2v) is 7.23. The van der Waals surface area contributed by atoms with E-state index in [2.05, 4.69) is 4.99 Å². The van der Waals surface area contributed by atoms with Crippen molar-refractivity contribution in [3.63, 3.8) is 0 Å². The highest BCUT2D eigenvalue weighted by Gasteiger charge is 2.47. The molecule has 0 amide bonds. The fourth-order valence-corrected chi connectivity index (χ4v) is 3.98. The van der Waals surface area contributed by atoms with E-state index in [4.69, 9.17) is 10.00 Å². The van der Waals surface area contributed by atoms with Crippen LogP contribution in [0.3, 0.4) is 0 Å². The Morgan fingerprint density at radius 2 is 2.27 bits per heavy atom. The molecule has 1 saturated heterocycles. The first-order valence-corrected chi connectivity index (χ1v) is 8.26. The summed E-state index contributed by atoms with van der Waals surface area (Å²) in [6.45, 7) is 6.55. The molecule has 0 radical (unpaired) electrons. The third-order valence-electron chi connectivity index (χ3n) is 4.16. The number of ether oxygens (including phenoxy) is 1. The summed E-state index contributed by atoms with van der Waals surface area (Å²) in [6, 6.07) is 5.76. The Labute approximate surface area is 134 Å². The van der Waals surface area contributed by atoms with E-state index in [1.807, 2.05) is 50.1 Å². The molecule has 6 heteroatoms.